The average Bonchev–Trinajstić information content (AvgIpc) is 3.19. The molecule has 29 heavy (non-hydrogen) atoms. The van der Waals surface area contributed by atoms with Crippen LogP contribution in [0.25, 0.3) is 11.1 Å². The van der Waals surface area contributed by atoms with E-state index in [4.69, 9.17) is 0 Å². The predicted molar refractivity (Wildman–Crippen MR) is 128 cm³/mol. The Morgan fingerprint density at radius 3 is 2.07 bits per heavy atom. The third kappa shape index (κ3) is 5.67. The number of hydrogen-bond donors (Lipinski definition) is 0. The van der Waals surface area contributed by atoms with Gasteiger partial charge in [0.2, 0.25) is 0 Å². The molecule has 1 aliphatic heterocycles. The Labute approximate surface area is 182 Å². The zero-order chi connectivity index (χ0) is 20.1. The van der Waals surface area contributed by atoms with Gasteiger partial charge in [0, 0.05) is 11.4 Å². The fourth-order valence-electron chi connectivity index (χ4n) is 5.38. The van der Waals surface area contributed by atoms with Gasteiger partial charge < -0.3 is 4.90 Å². The van der Waals surface area contributed by atoms with Crippen molar-refractivity contribution in [3.63, 3.8) is 0 Å². The van der Waals surface area contributed by atoms with E-state index < -0.39 is 0 Å². The molecule has 0 atom stereocenters. The van der Waals surface area contributed by atoms with Crippen LogP contribution >= 0.6 is 11.8 Å². The Hall–Kier alpha value is -1.25. The molecule has 1 saturated heterocycles. The molecule has 0 unspecified atom stereocenters. The molecule has 2 fully saturated rings. The van der Waals surface area contributed by atoms with Gasteiger partial charge in [0.15, 0.2) is 0 Å². The van der Waals surface area contributed by atoms with Crippen LogP contribution in [-0.2, 0) is 6.42 Å². The van der Waals surface area contributed by atoms with E-state index in [1.54, 1.807) is 11.8 Å². The monoisotopic (exact) mass is 407 g/mol. The molecule has 1 saturated carbocycles. The minimum absolute atomic E-state index is 0.615. The predicted octanol–water partition coefficient (Wildman–Crippen LogP) is 7.30. The number of hydrogen-bond acceptors (Lipinski definition) is 2. The Morgan fingerprint density at radius 2 is 1.48 bits per heavy atom. The fourth-order valence-corrected chi connectivity index (χ4v) is 5.79. The molecular weight excluding hydrogens is 370 g/mol. The van der Waals surface area contributed by atoms with Gasteiger partial charge in [-0.3, -0.25) is 0 Å². The molecule has 0 radical (unpaired) electrons. The van der Waals surface area contributed by atoms with Gasteiger partial charge in [-0.15, -0.1) is 11.8 Å². The number of nitrogens with zero attached hydrogens (tertiary/aromatic N) is 1. The summed E-state index contributed by atoms with van der Waals surface area (Å²) >= 11 is 1.80. The third-order valence-electron chi connectivity index (χ3n) is 7.34. The quantitative estimate of drug-likeness (QED) is 0.443. The summed E-state index contributed by atoms with van der Waals surface area (Å²) in [6, 6.07) is 18.2. The molecule has 2 aromatic carbocycles. The average molecular weight is 408 g/mol. The van der Waals surface area contributed by atoms with Crippen molar-refractivity contribution in [3.8, 4) is 11.1 Å². The zero-order valence-corrected chi connectivity index (χ0v) is 19.1. The van der Waals surface area contributed by atoms with Crippen molar-refractivity contribution in [2.45, 2.75) is 63.2 Å². The van der Waals surface area contributed by atoms with Gasteiger partial charge in [-0.05, 0) is 98.0 Å². The highest BCUT2D eigenvalue weighted by Gasteiger charge is 2.31. The number of likely N-dealkylation sites (tertiary alicyclic amines) is 1. The summed E-state index contributed by atoms with van der Waals surface area (Å²) in [4.78, 5) is 4.09. The molecule has 4 rings (SSSR count). The maximum Gasteiger partial charge on any atom is 0.00695 e. The zero-order valence-electron chi connectivity index (χ0n) is 18.3. The van der Waals surface area contributed by atoms with Crippen LogP contribution in [0.3, 0.4) is 0 Å². The van der Waals surface area contributed by atoms with Crippen LogP contribution in [-0.4, -0.2) is 30.8 Å². The Balaban J connectivity index is 1.22. The summed E-state index contributed by atoms with van der Waals surface area (Å²) in [5.74, 6) is 0.918. The molecule has 0 bridgehead atoms. The molecule has 156 valence electrons. The van der Waals surface area contributed by atoms with Crippen molar-refractivity contribution < 1.29 is 0 Å². The van der Waals surface area contributed by atoms with Gasteiger partial charge in [-0.1, -0.05) is 56.2 Å². The Kier molecular flexibility index (Phi) is 7.03. The van der Waals surface area contributed by atoms with Crippen molar-refractivity contribution in [1.82, 2.24) is 4.90 Å². The highest BCUT2D eigenvalue weighted by Crippen LogP contribution is 2.39. The molecule has 1 heterocycles. The van der Waals surface area contributed by atoms with Gasteiger partial charge in [0.1, 0.15) is 0 Å². The van der Waals surface area contributed by atoms with Gasteiger partial charge in [-0.25, -0.2) is 0 Å². The van der Waals surface area contributed by atoms with E-state index in [1.165, 1.54) is 92.6 Å². The van der Waals surface area contributed by atoms with Gasteiger partial charge in [0.05, 0.1) is 0 Å². The number of rotatable bonds is 7. The fraction of sp³-hybridized carbons (Fsp3) is 0.556. The summed E-state index contributed by atoms with van der Waals surface area (Å²) in [6.07, 6.45) is 13.3. The number of thioether (sulfide) groups is 1. The Bertz CT molecular complexity index is 750. The lowest BCUT2D eigenvalue weighted by molar-refractivity contribution is 0.119. The van der Waals surface area contributed by atoms with Gasteiger partial charge >= 0.3 is 0 Å². The van der Waals surface area contributed by atoms with E-state index in [9.17, 15) is 0 Å². The highest BCUT2D eigenvalue weighted by atomic mass is 32.2. The third-order valence-corrected chi connectivity index (χ3v) is 8.09. The lowest BCUT2D eigenvalue weighted by Crippen LogP contribution is -2.40. The molecule has 1 aliphatic carbocycles. The van der Waals surface area contributed by atoms with Crippen LogP contribution in [0.2, 0.25) is 0 Å². The normalized spacial score (nSPS) is 20.2. The van der Waals surface area contributed by atoms with Crippen LogP contribution in [0.4, 0.5) is 0 Å². The molecule has 2 aliphatic rings. The van der Waals surface area contributed by atoms with Crippen molar-refractivity contribution >= 4 is 11.8 Å². The second-order valence-corrected chi connectivity index (χ2v) is 10.6. The summed E-state index contributed by atoms with van der Waals surface area (Å²) in [7, 11) is 0. The SMILES string of the molecule is CSc1ccc(-c2ccc(CCC3CCN(CC4(C)CCCC4)CC3)cc2)cc1. The van der Waals surface area contributed by atoms with Crippen LogP contribution in [0.1, 0.15) is 57.4 Å². The minimum Gasteiger partial charge on any atom is -0.303 e. The molecule has 2 aromatic rings. The lowest BCUT2D eigenvalue weighted by Gasteiger charge is -2.37. The first-order valence-corrected chi connectivity index (χ1v) is 12.8. The molecule has 1 nitrogen and oxygen atoms in total. The maximum absolute atomic E-state index is 2.76. The van der Waals surface area contributed by atoms with Gasteiger partial charge in [-0.2, -0.15) is 0 Å². The first kappa shape index (κ1) is 21.0. The first-order valence-electron chi connectivity index (χ1n) is 11.6. The molecule has 2 heteroatoms. The van der Waals surface area contributed by atoms with E-state index in [1.807, 2.05) is 0 Å². The molecular formula is C27H37NS. The summed E-state index contributed by atoms with van der Waals surface area (Å²) in [5.41, 5.74) is 4.76. The van der Waals surface area contributed by atoms with Crippen molar-refractivity contribution in [3.05, 3.63) is 54.1 Å². The van der Waals surface area contributed by atoms with E-state index in [2.05, 4.69) is 66.6 Å². The molecule has 0 aromatic heterocycles. The van der Waals surface area contributed by atoms with Crippen molar-refractivity contribution in [2.24, 2.45) is 11.3 Å². The van der Waals surface area contributed by atoms with Gasteiger partial charge in [0.25, 0.3) is 0 Å². The number of aryl methyl sites for hydroxylation is 1. The second-order valence-electron chi connectivity index (χ2n) is 9.70. The van der Waals surface area contributed by atoms with Crippen LogP contribution in [0, 0.1) is 11.3 Å². The Morgan fingerprint density at radius 1 is 0.897 bits per heavy atom. The van der Waals surface area contributed by atoms with Crippen molar-refractivity contribution in [1.29, 1.82) is 0 Å². The summed E-state index contributed by atoms with van der Waals surface area (Å²) < 4.78 is 0. The number of piperidine rings is 1. The van der Waals surface area contributed by atoms with Crippen LogP contribution in [0.5, 0.6) is 0 Å². The minimum atomic E-state index is 0.615. The first-order chi connectivity index (χ1) is 14.1. The van der Waals surface area contributed by atoms with E-state index in [0.29, 0.717) is 5.41 Å². The van der Waals surface area contributed by atoms with E-state index >= 15 is 0 Å². The largest absolute Gasteiger partial charge is 0.303 e. The molecule has 0 amide bonds. The van der Waals surface area contributed by atoms with E-state index in [0.717, 1.165) is 5.92 Å². The molecule has 0 N–H and O–H groups in total. The lowest BCUT2D eigenvalue weighted by atomic mass is 9.85. The highest BCUT2D eigenvalue weighted by molar-refractivity contribution is 7.98. The van der Waals surface area contributed by atoms with Crippen LogP contribution < -0.4 is 0 Å². The smallest absolute Gasteiger partial charge is 0.00695 e. The standard InChI is InChI=1S/C27H37NS/c1-27(17-3-4-18-27)21-28-19-15-23(16-20-28)6-5-22-7-9-24(10-8-22)25-11-13-26(29-2)14-12-25/h7-14,23H,3-6,15-21H2,1-2H3. The van der Waals surface area contributed by atoms with Crippen molar-refractivity contribution in [2.75, 3.05) is 25.9 Å². The van der Waals surface area contributed by atoms with Crippen LogP contribution in [0.15, 0.2) is 53.4 Å². The summed E-state index contributed by atoms with van der Waals surface area (Å²) in [6.45, 7) is 6.52. The maximum atomic E-state index is 2.76. The summed E-state index contributed by atoms with van der Waals surface area (Å²) in [5, 5.41) is 0. The molecule has 0 spiro atoms. The number of benzene rings is 2. The topological polar surface area (TPSA) is 3.24 Å². The second kappa shape index (κ2) is 9.71. The van der Waals surface area contributed by atoms with E-state index in [-0.39, 0.29) is 0 Å².